The fourth-order valence-corrected chi connectivity index (χ4v) is 3.24. The Hall–Kier alpha value is -1.69. The van der Waals surface area contributed by atoms with Crippen molar-refractivity contribution in [3.8, 4) is 0 Å². The normalized spacial score (nSPS) is 13.8. The van der Waals surface area contributed by atoms with Gasteiger partial charge in [-0.2, -0.15) is 11.8 Å². The van der Waals surface area contributed by atoms with Crippen LogP contribution in [0.25, 0.3) is 0 Å². The van der Waals surface area contributed by atoms with E-state index in [9.17, 15) is 4.79 Å². The molecule has 0 unspecified atom stereocenters. The van der Waals surface area contributed by atoms with Crippen molar-refractivity contribution in [3.63, 3.8) is 0 Å². The molecule has 24 heavy (non-hydrogen) atoms. The van der Waals surface area contributed by atoms with E-state index in [0.29, 0.717) is 0 Å². The number of hydrogen-bond donors (Lipinski definition) is 2. The van der Waals surface area contributed by atoms with Crippen LogP contribution in [-0.4, -0.2) is 50.1 Å². The third-order valence-corrected chi connectivity index (χ3v) is 4.67. The van der Waals surface area contributed by atoms with Crippen LogP contribution < -0.4 is 15.5 Å². The van der Waals surface area contributed by atoms with Gasteiger partial charge < -0.3 is 15.5 Å². The molecule has 0 spiro atoms. The quantitative estimate of drug-likeness (QED) is 0.430. The van der Waals surface area contributed by atoms with Crippen LogP contribution in [0.5, 0.6) is 0 Å². The first kappa shape index (κ1) is 18.6. The minimum absolute atomic E-state index is 0.0551. The van der Waals surface area contributed by atoms with Crippen LogP contribution in [0.15, 0.2) is 29.3 Å². The fourth-order valence-electron chi connectivity index (χ4n) is 2.75. The third kappa shape index (κ3) is 5.44. The van der Waals surface area contributed by atoms with Crippen LogP contribution >= 0.6 is 11.8 Å². The Labute approximate surface area is 149 Å². The summed E-state index contributed by atoms with van der Waals surface area (Å²) in [5.41, 5.74) is 2.28. The number of fused-ring (bicyclic) bond motifs is 1. The Kier molecular flexibility index (Phi) is 7.95. The molecular weight excluding hydrogens is 320 g/mol. The van der Waals surface area contributed by atoms with E-state index < -0.39 is 0 Å². The highest BCUT2D eigenvalue weighted by atomic mass is 32.2. The van der Waals surface area contributed by atoms with Crippen molar-refractivity contribution in [2.75, 3.05) is 43.1 Å². The summed E-state index contributed by atoms with van der Waals surface area (Å²) in [7, 11) is 0. The number of rotatable bonds is 8. The monoisotopic (exact) mass is 348 g/mol. The van der Waals surface area contributed by atoms with Crippen molar-refractivity contribution >= 4 is 29.3 Å². The average Bonchev–Trinajstić information content (AvgIpc) is 3.03. The Bertz CT molecular complexity index is 562. The van der Waals surface area contributed by atoms with Crippen molar-refractivity contribution in [2.24, 2.45) is 4.99 Å². The number of carbonyl (C=O) groups is 1. The summed E-state index contributed by atoms with van der Waals surface area (Å²) < 4.78 is 0. The highest BCUT2D eigenvalue weighted by Crippen LogP contribution is 2.27. The molecule has 2 rings (SSSR count). The molecule has 1 amide bonds. The molecule has 1 heterocycles. The lowest BCUT2D eigenvalue weighted by molar-refractivity contribution is -0.117. The van der Waals surface area contributed by atoms with Crippen LogP contribution in [-0.2, 0) is 11.2 Å². The lowest BCUT2D eigenvalue weighted by Crippen LogP contribution is -2.39. The molecule has 0 radical (unpaired) electrons. The second kappa shape index (κ2) is 10.2. The first-order valence-corrected chi connectivity index (χ1v) is 10.0. The van der Waals surface area contributed by atoms with Gasteiger partial charge in [0.15, 0.2) is 5.96 Å². The molecule has 5 nitrogen and oxygen atoms in total. The Morgan fingerprint density at radius 2 is 2.12 bits per heavy atom. The number of para-hydroxylation sites is 1. The van der Waals surface area contributed by atoms with Gasteiger partial charge in [-0.05, 0) is 49.8 Å². The zero-order chi connectivity index (χ0) is 17.2. The number of amides is 1. The van der Waals surface area contributed by atoms with Gasteiger partial charge in [-0.3, -0.25) is 4.79 Å². The van der Waals surface area contributed by atoms with Gasteiger partial charge in [0, 0.05) is 25.3 Å². The summed E-state index contributed by atoms with van der Waals surface area (Å²) in [4.78, 5) is 18.8. The fraction of sp³-hybridized carbons (Fsp3) is 0.556. The van der Waals surface area contributed by atoms with E-state index in [1.807, 2.05) is 41.8 Å². The number of anilines is 1. The van der Waals surface area contributed by atoms with Crippen LogP contribution in [0.4, 0.5) is 5.69 Å². The van der Waals surface area contributed by atoms with Gasteiger partial charge in [-0.25, -0.2) is 4.99 Å². The average molecular weight is 349 g/mol. The number of hydrogen-bond acceptors (Lipinski definition) is 3. The number of nitrogens with zero attached hydrogens (tertiary/aromatic N) is 2. The maximum atomic E-state index is 12.5. The molecule has 1 aliphatic heterocycles. The minimum atomic E-state index is 0.0551. The standard InChI is InChI=1S/C18H28N4OS/c1-3-19-18(20-11-6-7-13-24-2)21-14-17(23)22-12-10-15-8-4-5-9-16(15)22/h4-5,8-9H,3,6-7,10-14H2,1-2H3,(H2,19,20,21). The smallest absolute Gasteiger partial charge is 0.248 e. The van der Waals surface area contributed by atoms with E-state index in [1.165, 1.54) is 17.7 Å². The molecule has 0 aromatic heterocycles. The summed E-state index contributed by atoms with van der Waals surface area (Å²) in [6.45, 7) is 4.63. The predicted molar refractivity (Wildman–Crippen MR) is 104 cm³/mol. The SMILES string of the molecule is CCNC(=NCC(=O)N1CCc2ccccc21)NCCCCSC. The molecule has 0 saturated carbocycles. The first-order chi connectivity index (χ1) is 11.8. The zero-order valence-electron chi connectivity index (χ0n) is 14.7. The largest absolute Gasteiger partial charge is 0.357 e. The maximum absolute atomic E-state index is 12.5. The summed E-state index contributed by atoms with van der Waals surface area (Å²) >= 11 is 1.87. The van der Waals surface area contributed by atoms with E-state index in [4.69, 9.17) is 0 Å². The Balaban J connectivity index is 1.85. The lowest BCUT2D eigenvalue weighted by atomic mass is 10.2. The van der Waals surface area contributed by atoms with Crippen LogP contribution in [0.3, 0.4) is 0 Å². The topological polar surface area (TPSA) is 56.7 Å². The van der Waals surface area contributed by atoms with Gasteiger partial charge in [0.25, 0.3) is 0 Å². The molecule has 1 aliphatic rings. The molecule has 0 bridgehead atoms. The second-order valence-corrected chi connectivity index (χ2v) is 6.73. The third-order valence-electron chi connectivity index (χ3n) is 3.97. The van der Waals surface area contributed by atoms with Crippen molar-refractivity contribution in [2.45, 2.75) is 26.2 Å². The number of thioether (sulfide) groups is 1. The van der Waals surface area contributed by atoms with Gasteiger partial charge in [0.1, 0.15) is 6.54 Å². The van der Waals surface area contributed by atoms with Crippen molar-refractivity contribution in [3.05, 3.63) is 29.8 Å². The van der Waals surface area contributed by atoms with Gasteiger partial charge in [-0.15, -0.1) is 0 Å². The van der Waals surface area contributed by atoms with Crippen LogP contribution in [0.2, 0.25) is 0 Å². The number of aliphatic imine (C=N–C) groups is 1. The van der Waals surface area contributed by atoms with Crippen molar-refractivity contribution in [1.82, 2.24) is 10.6 Å². The summed E-state index contributed by atoms with van der Waals surface area (Å²) in [6.07, 6.45) is 5.36. The molecule has 0 atom stereocenters. The number of carbonyl (C=O) groups excluding carboxylic acids is 1. The van der Waals surface area contributed by atoms with Crippen LogP contribution in [0.1, 0.15) is 25.3 Å². The molecule has 132 valence electrons. The number of unbranched alkanes of at least 4 members (excludes halogenated alkanes) is 1. The molecule has 2 N–H and O–H groups in total. The van der Waals surface area contributed by atoms with E-state index in [-0.39, 0.29) is 12.5 Å². The highest BCUT2D eigenvalue weighted by molar-refractivity contribution is 7.98. The van der Waals surface area contributed by atoms with E-state index in [0.717, 1.165) is 44.1 Å². The Morgan fingerprint density at radius 1 is 1.29 bits per heavy atom. The van der Waals surface area contributed by atoms with Gasteiger partial charge in [0.05, 0.1) is 0 Å². The zero-order valence-corrected chi connectivity index (χ0v) is 15.5. The van der Waals surface area contributed by atoms with Gasteiger partial charge in [0.2, 0.25) is 5.91 Å². The van der Waals surface area contributed by atoms with Crippen molar-refractivity contribution in [1.29, 1.82) is 0 Å². The molecule has 1 aromatic carbocycles. The van der Waals surface area contributed by atoms with Crippen molar-refractivity contribution < 1.29 is 4.79 Å². The van der Waals surface area contributed by atoms with E-state index in [1.54, 1.807) is 0 Å². The summed E-state index contributed by atoms with van der Waals surface area (Å²) in [6, 6.07) is 8.11. The molecular formula is C18H28N4OS. The lowest BCUT2D eigenvalue weighted by Gasteiger charge is -2.17. The van der Waals surface area contributed by atoms with Gasteiger partial charge in [-0.1, -0.05) is 18.2 Å². The number of nitrogens with one attached hydrogen (secondary N) is 2. The van der Waals surface area contributed by atoms with E-state index in [2.05, 4.69) is 27.9 Å². The highest BCUT2D eigenvalue weighted by Gasteiger charge is 2.23. The number of guanidine groups is 1. The second-order valence-electron chi connectivity index (χ2n) is 5.75. The minimum Gasteiger partial charge on any atom is -0.357 e. The van der Waals surface area contributed by atoms with Gasteiger partial charge >= 0.3 is 0 Å². The Morgan fingerprint density at radius 3 is 2.92 bits per heavy atom. The van der Waals surface area contributed by atoms with Crippen LogP contribution in [0, 0.1) is 0 Å². The molecule has 0 saturated heterocycles. The molecule has 1 aromatic rings. The molecule has 0 aliphatic carbocycles. The first-order valence-electron chi connectivity index (χ1n) is 8.65. The maximum Gasteiger partial charge on any atom is 0.248 e. The predicted octanol–water partition coefficient (Wildman–Crippen LogP) is 2.27. The summed E-state index contributed by atoms with van der Waals surface area (Å²) in [5, 5.41) is 6.51. The summed E-state index contributed by atoms with van der Waals surface area (Å²) in [5.74, 6) is 1.96. The molecule has 0 fully saturated rings. The van der Waals surface area contributed by atoms with E-state index >= 15 is 0 Å². The molecule has 6 heteroatoms. The number of benzene rings is 1.